The number of fused-ring (bicyclic) bond motifs is 1. The Morgan fingerprint density at radius 2 is 2.00 bits per heavy atom. The molecular formula is C19H25N3O2. The number of pyridine rings is 1. The van der Waals surface area contributed by atoms with Crippen LogP contribution in [0, 0.1) is 5.92 Å². The molecule has 1 aromatic heterocycles. The summed E-state index contributed by atoms with van der Waals surface area (Å²) in [6, 6.07) is 4.44. The SMILES string of the molecule is O=C(C1CC=CC1)N1CC[C@H]2OCCN(Cc3ccncc3)[C@@H]2C1. The standard InChI is InChI=1S/C19H25N3O2/c23-19(16-3-1-2-4-16)22-10-7-18-17(14-22)21(11-12-24-18)13-15-5-8-20-9-6-15/h1-2,5-6,8-9,16-18H,3-4,7,10-14H2/t17-,18-/m1/s1. The molecule has 2 aliphatic heterocycles. The second-order valence-corrected chi connectivity index (χ2v) is 7.02. The smallest absolute Gasteiger partial charge is 0.226 e. The molecule has 1 aromatic rings. The van der Waals surface area contributed by atoms with E-state index in [1.54, 1.807) is 0 Å². The third kappa shape index (κ3) is 3.23. The van der Waals surface area contributed by atoms with Gasteiger partial charge in [0.1, 0.15) is 0 Å². The third-order valence-electron chi connectivity index (χ3n) is 5.50. The Kier molecular flexibility index (Phi) is 4.63. The highest BCUT2D eigenvalue weighted by atomic mass is 16.5. The molecule has 0 N–H and O–H groups in total. The molecule has 2 atom stereocenters. The van der Waals surface area contributed by atoms with Crippen LogP contribution in [0.25, 0.3) is 0 Å². The van der Waals surface area contributed by atoms with Crippen molar-refractivity contribution >= 4 is 5.91 Å². The van der Waals surface area contributed by atoms with E-state index in [-0.39, 0.29) is 12.0 Å². The summed E-state index contributed by atoms with van der Waals surface area (Å²) < 4.78 is 6.00. The lowest BCUT2D eigenvalue weighted by Crippen LogP contribution is -2.60. The van der Waals surface area contributed by atoms with Crippen molar-refractivity contribution in [2.24, 2.45) is 5.92 Å². The Labute approximate surface area is 143 Å². The van der Waals surface area contributed by atoms with Gasteiger partial charge in [-0.2, -0.15) is 0 Å². The highest BCUT2D eigenvalue weighted by Gasteiger charge is 2.39. The number of aromatic nitrogens is 1. The van der Waals surface area contributed by atoms with Gasteiger partial charge in [-0.1, -0.05) is 12.2 Å². The van der Waals surface area contributed by atoms with Gasteiger partial charge in [-0.25, -0.2) is 0 Å². The van der Waals surface area contributed by atoms with E-state index in [9.17, 15) is 4.79 Å². The van der Waals surface area contributed by atoms with Gasteiger partial charge in [0, 0.05) is 44.5 Å². The van der Waals surface area contributed by atoms with Crippen molar-refractivity contribution in [2.45, 2.75) is 38.0 Å². The summed E-state index contributed by atoms with van der Waals surface area (Å²) in [4.78, 5) is 21.4. The van der Waals surface area contributed by atoms with Crippen molar-refractivity contribution in [1.29, 1.82) is 0 Å². The Balaban J connectivity index is 1.44. The molecule has 0 aromatic carbocycles. The lowest BCUT2D eigenvalue weighted by molar-refractivity contribution is -0.147. The van der Waals surface area contributed by atoms with Crippen LogP contribution in [-0.2, 0) is 16.1 Å². The predicted molar refractivity (Wildman–Crippen MR) is 91.2 cm³/mol. The van der Waals surface area contributed by atoms with Crippen LogP contribution in [0.15, 0.2) is 36.7 Å². The fraction of sp³-hybridized carbons (Fsp3) is 0.579. The maximum absolute atomic E-state index is 12.8. The molecule has 0 spiro atoms. The number of piperidine rings is 1. The number of amides is 1. The minimum atomic E-state index is 0.166. The molecule has 5 nitrogen and oxygen atoms in total. The third-order valence-corrected chi connectivity index (χ3v) is 5.50. The molecule has 128 valence electrons. The number of likely N-dealkylation sites (tertiary alicyclic amines) is 1. The van der Waals surface area contributed by atoms with Crippen LogP contribution in [0.2, 0.25) is 0 Å². The Bertz CT molecular complexity index is 596. The van der Waals surface area contributed by atoms with E-state index in [4.69, 9.17) is 4.74 Å². The van der Waals surface area contributed by atoms with E-state index in [1.165, 1.54) is 5.56 Å². The molecule has 3 heterocycles. The van der Waals surface area contributed by atoms with Crippen LogP contribution < -0.4 is 0 Å². The minimum absolute atomic E-state index is 0.166. The molecule has 0 radical (unpaired) electrons. The maximum Gasteiger partial charge on any atom is 0.226 e. The largest absolute Gasteiger partial charge is 0.375 e. The van der Waals surface area contributed by atoms with Crippen molar-refractivity contribution in [1.82, 2.24) is 14.8 Å². The van der Waals surface area contributed by atoms with Gasteiger partial charge in [0.2, 0.25) is 5.91 Å². The number of allylic oxidation sites excluding steroid dienone is 2. The number of ether oxygens (including phenoxy) is 1. The molecule has 24 heavy (non-hydrogen) atoms. The number of hydrogen-bond acceptors (Lipinski definition) is 4. The second kappa shape index (κ2) is 7.03. The summed E-state index contributed by atoms with van der Waals surface area (Å²) >= 11 is 0. The highest BCUT2D eigenvalue weighted by molar-refractivity contribution is 5.79. The lowest BCUT2D eigenvalue weighted by Gasteiger charge is -2.47. The molecule has 3 aliphatic rings. The van der Waals surface area contributed by atoms with Crippen LogP contribution in [-0.4, -0.2) is 59.1 Å². The maximum atomic E-state index is 12.8. The van der Waals surface area contributed by atoms with Gasteiger partial charge >= 0.3 is 0 Å². The first-order chi connectivity index (χ1) is 11.8. The number of morpholine rings is 1. The number of carbonyl (C=O) groups excluding carboxylic acids is 1. The van der Waals surface area contributed by atoms with Gasteiger partial charge in [0.15, 0.2) is 0 Å². The molecule has 4 rings (SSSR count). The van der Waals surface area contributed by atoms with E-state index in [0.717, 1.165) is 52.0 Å². The lowest BCUT2D eigenvalue weighted by atomic mass is 9.96. The first-order valence-electron chi connectivity index (χ1n) is 8.99. The van der Waals surface area contributed by atoms with Gasteiger partial charge in [-0.3, -0.25) is 14.7 Å². The van der Waals surface area contributed by atoms with E-state index >= 15 is 0 Å². The molecule has 2 fully saturated rings. The molecular weight excluding hydrogens is 302 g/mol. The average molecular weight is 327 g/mol. The van der Waals surface area contributed by atoms with Crippen LogP contribution in [0.3, 0.4) is 0 Å². The molecule has 2 saturated heterocycles. The van der Waals surface area contributed by atoms with Crippen LogP contribution in [0.4, 0.5) is 0 Å². The Hall–Kier alpha value is -1.72. The molecule has 0 bridgehead atoms. The normalized spacial score (nSPS) is 28.1. The van der Waals surface area contributed by atoms with Crippen molar-refractivity contribution in [3.05, 3.63) is 42.2 Å². The topological polar surface area (TPSA) is 45.7 Å². The fourth-order valence-corrected chi connectivity index (χ4v) is 4.14. The zero-order chi connectivity index (χ0) is 16.4. The molecule has 5 heteroatoms. The number of hydrogen-bond donors (Lipinski definition) is 0. The van der Waals surface area contributed by atoms with Gasteiger partial charge in [0.05, 0.1) is 18.8 Å². The van der Waals surface area contributed by atoms with Gasteiger partial charge < -0.3 is 9.64 Å². The quantitative estimate of drug-likeness (QED) is 0.795. The van der Waals surface area contributed by atoms with Gasteiger partial charge in [-0.05, 0) is 37.0 Å². The van der Waals surface area contributed by atoms with E-state index < -0.39 is 0 Å². The number of nitrogens with zero attached hydrogens (tertiary/aromatic N) is 3. The highest BCUT2D eigenvalue weighted by Crippen LogP contribution is 2.27. The van der Waals surface area contributed by atoms with Crippen LogP contribution in [0.1, 0.15) is 24.8 Å². The molecule has 0 unspecified atom stereocenters. The van der Waals surface area contributed by atoms with E-state index in [0.29, 0.717) is 11.9 Å². The Morgan fingerprint density at radius 3 is 2.79 bits per heavy atom. The Morgan fingerprint density at radius 1 is 1.21 bits per heavy atom. The van der Waals surface area contributed by atoms with E-state index in [1.807, 2.05) is 12.4 Å². The number of rotatable bonds is 3. The summed E-state index contributed by atoms with van der Waals surface area (Å²) in [5, 5.41) is 0. The van der Waals surface area contributed by atoms with Crippen molar-refractivity contribution in [3.8, 4) is 0 Å². The molecule has 1 amide bonds. The summed E-state index contributed by atoms with van der Waals surface area (Å²) in [7, 11) is 0. The van der Waals surface area contributed by atoms with Crippen LogP contribution in [0.5, 0.6) is 0 Å². The summed E-state index contributed by atoms with van der Waals surface area (Å²) in [6.45, 7) is 4.24. The van der Waals surface area contributed by atoms with Gasteiger partial charge in [0.25, 0.3) is 0 Å². The van der Waals surface area contributed by atoms with Crippen molar-refractivity contribution in [3.63, 3.8) is 0 Å². The summed E-state index contributed by atoms with van der Waals surface area (Å²) in [6.07, 6.45) is 11.0. The monoisotopic (exact) mass is 327 g/mol. The van der Waals surface area contributed by atoms with Gasteiger partial charge in [-0.15, -0.1) is 0 Å². The van der Waals surface area contributed by atoms with Crippen LogP contribution >= 0.6 is 0 Å². The zero-order valence-electron chi connectivity index (χ0n) is 14.0. The first-order valence-corrected chi connectivity index (χ1v) is 8.99. The van der Waals surface area contributed by atoms with Crippen molar-refractivity contribution < 1.29 is 9.53 Å². The second-order valence-electron chi connectivity index (χ2n) is 7.02. The molecule has 1 aliphatic carbocycles. The zero-order valence-corrected chi connectivity index (χ0v) is 14.0. The first kappa shape index (κ1) is 15.8. The van der Waals surface area contributed by atoms with E-state index in [2.05, 4.69) is 39.1 Å². The predicted octanol–water partition coefficient (Wildman–Crippen LogP) is 1.85. The van der Waals surface area contributed by atoms with Crippen molar-refractivity contribution in [2.75, 3.05) is 26.2 Å². The minimum Gasteiger partial charge on any atom is -0.375 e. The summed E-state index contributed by atoms with van der Waals surface area (Å²) in [5.74, 6) is 0.493. The molecule has 0 saturated carbocycles. The average Bonchev–Trinajstić information content (AvgIpc) is 3.17. The summed E-state index contributed by atoms with van der Waals surface area (Å²) in [5.41, 5.74) is 1.27. The number of carbonyl (C=O) groups is 1. The fourth-order valence-electron chi connectivity index (χ4n) is 4.14.